The molecule has 106 valence electrons. The second-order valence-electron chi connectivity index (χ2n) is 4.50. The van der Waals surface area contributed by atoms with Crippen molar-refractivity contribution < 1.29 is 9.26 Å². The lowest BCUT2D eigenvalue weighted by Crippen LogP contribution is -1.93. The van der Waals surface area contributed by atoms with Crippen LogP contribution in [0.15, 0.2) is 47.2 Å². The number of hydrogen-bond donors (Lipinski definition) is 1. The average molecular weight is 282 g/mol. The van der Waals surface area contributed by atoms with Crippen molar-refractivity contribution in [3.8, 4) is 17.2 Å². The maximum absolute atomic E-state index is 5.88. The lowest BCUT2D eigenvalue weighted by atomic mass is 10.2. The molecule has 0 spiro atoms. The van der Waals surface area contributed by atoms with Gasteiger partial charge in [-0.2, -0.15) is 4.98 Å². The van der Waals surface area contributed by atoms with E-state index in [0.717, 1.165) is 11.1 Å². The first-order valence-electron chi connectivity index (χ1n) is 6.41. The molecule has 6 heteroatoms. The van der Waals surface area contributed by atoms with Crippen LogP contribution in [0.5, 0.6) is 5.75 Å². The van der Waals surface area contributed by atoms with E-state index < -0.39 is 0 Å². The normalized spacial score (nSPS) is 10.5. The zero-order valence-corrected chi connectivity index (χ0v) is 11.5. The minimum atomic E-state index is 0.438. The minimum absolute atomic E-state index is 0.438. The maximum atomic E-state index is 5.88. The van der Waals surface area contributed by atoms with Gasteiger partial charge in [0.05, 0.1) is 12.8 Å². The van der Waals surface area contributed by atoms with Gasteiger partial charge < -0.3 is 15.0 Å². The number of nitrogen functional groups attached to an aromatic ring is 1. The van der Waals surface area contributed by atoms with Crippen LogP contribution < -0.4 is 10.5 Å². The quantitative estimate of drug-likeness (QED) is 0.739. The summed E-state index contributed by atoms with van der Waals surface area (Å²) in [5.74, 6) is 1.68. The molecule has 1 aromatic carbocycles. The molecule has 0 bridgehead atoms. The van der Waals surface area contributed by atoms with E-state index in [4.69, 9.17) is 15.0 Å². The van der Waals surface area contributed by atoms with Crippen molar-refractivity contribution in [3.63, 3.8) is 0 Å². The molecule has 0 amide bonds. The predicted molar refractivity (Wildman–Crippen MR) is 77.7 cm³/mol. The third-order valence-corrected chi connectivity index (χ3v) is 3.06. The Labute approximate surface area is 121 Å². The van der Waals surface area contributed by atoms with E-state index in [1.54, 1.807) is 31.6 Å². The van der Waals surface area contributed by atoms with Gasteiger partial charge in [-0.1, -0.05) is 5.16 Å². The SMILES string of the molecule is COc1ccc(-c2nc(Cc3ccncc3)no2)cc1N. The molecule has 3 aromatic rings. The van der Waals surface area contributed by atoms with E-state index in [0.29, 0.717) is 29.6 Å². The van der Waals surface area contributed by atoms with E-state index >= 15 is 0 Å². The number of hydrogen-bond acceptors (Lipinski definition) is 6. The van der Waals surface area contributed by atoms with Crippen LogP contribution >= 0.6 is 0 Å². The number of nitrogens with two attached hydrogens (primary N) is 1. The molecule has 0 aliphatic rings. The molecule has 0 radical (unpaired) electrons. The first-order valence-corrected chi connectivity index (χ1v) is 6.41. The summed E-state index contributed by atoms with van der Waals surface area (Å²) < 4.78 is 10.4. The van der Waals surface area contributed by atoms with Gasteiger partial charge in [0.15, 0.2) is 5.82 Å². The van der Waals surface area contributed by atoms with Gasteiger partial charge in [-0.3, -0.25) is 4.98 Å². The molecule has 0 atom stereocenters. The van der Waals surface area contributed by atoms with Gasteiger partial charge in [-0.15, -0.1) is 0 Å². The number of nitrogens with zero attached hydrogens (tertiary/aromatic N) is 3. The third kappa shape index (κ3) is 2.84. The minimum Gasteiger partial charge on any atom is -0.495 e. The summed E-state index contributed by atoms with van der Waals surface area (Å²) in [5.41, 5.74) is 8.25. The van der Waals surface area contributed by atoms with Crippen LogP contribution in [0.1, 0.15) is 11.4 Å². The van der Waals surface area contributed by atoms with Crippen LogP contribution in [0.3, 0.4) is 0 Å². The van der Waals surface area contributed by atoms with Crippen molar-refractivity contribution in [1.82, 2.24) is 15.1 Å². The molecule has 3 rings (SSSR count). The highest BCUT2D eigenvalue weighted by atomic mass is 16.5. The van der Waals surface area contributed by atoms with Crippen LogP contribution in [0, 0.1) is 0 Å². The molecule has 0 aliphatic heterocycles. The number of pyridine rings is 1. The Hall–Kier alpha value is -2.89. The summed E-state index contributed by atoms with van der Waals surface area (Å²) in [5, 5.41) is 3.98. The molecule has 6 nitrogen and oxygen atoms in total. The molecular weight excluding hydrogens is 268 g/mol. The molecule has 0 saturated carbocycles. The standard InChI is InChI=1S/C15H14N4O2/c1-20-13-3-2-11(9-12(13)16)15-18-14(19-21-15)8-10-4-6-17-7-5-10/h2-7,9H,8,16H2,1H3. The van der Waals surface area contributed by atoms with E-state index in [1.807, 2.05) is 18.2 Å². The summed E-state index contributed by atoms with van der Waals surface area (Å²) >= 11 is 0. The topological polar surface area (TPSA) is 87.1 Å². The number of benzene rings is 1. The fourth-order valence-electron chi connectivity index (χ4n) is 1.99. The lowest BCUT2D eigenvalue weighted by molar-refractivity contribution is 0.416. The van der Waals surface area contributed by atoms with Gasteiger partial charge in [0, 0.05) is 24.4 Å². The van der Waals surface area contributed by atoms with Crippen LogP contribution in [-0.2, 0) is 6.42 Å². The molecule has 2 heterocycles. The zero-order chi connectivity index (χ0) is 14.7. The molecule has 0 fully saturated rings. The highest BCUT2D eigenvalue weighted by molar-refractivity contribution is 5.65. The molecule has 0 unspecified atom stereocenters. The fourth-order valence-corrected chi connectivity index (χ4v) is 1.99. The van der Waals surface area contributed by atoms with Crippen LogP contribution in [0.2, 0.25) is 0 Å². The number of rotatable bonds is 4. The Balaban J connectivity index is 1.83. The largest absolute Gasteiger partial charge is 0.495 e. The fraction of sp³-hybridized carbons (Fsp3) is 0.133. The number of anilines is 1. The van der Waals surface area contributed by atoms with Crippen LogP contribution in [0.25, 0.3) is 11.5 Å². The molecule has 0 saturated heterocycles. The Morgan fingerprint density at radius 3 is 2.71 bits per heavy atom. The summed E-state index contributed by atoms with van der Waals surface area (Å²) in [6.45, 7) is 0. The summed E-state index contributed by atoms with van der Waals surface area (Å²) in [7, 11) is 1.57. The van der Waals surface area contributed by atoms with E-state index in [9.17, 15) is 0 Å². The van der Waals surface area contributed by atoms with Crippen molar-refractivity contribution in [1.29, 1.82) is 0 Å². The van der Waals surface area contributed by atoms with Crippen molar-refractivity contribution >= 4 is 5.69 Å². The van der Waals surface area contributed by atoms with Crippen molar-refractivity contribution in [2.45, 2.75) is 6.42 Å². The second kappa shape index (κ2) is 5.62. The summed E-state index contributed by atoms with van der Waals surface area (Å²) in [4.78, 5) is 8.35. The second-order valence-corrected chi connectivity index (χ2v) is 4.50. The van der Waals surface area contributed by atoms with Gasteiger partial charge in [-0.05, 0) is 35.9 Å². The Morgan fingerprint density at radius 1 is 1.19 bits per heavy atom. The van der Waals surface area contributed by atoms with E-state index in [2.05, 4.69) is 15.1 Å². The molecular formula is C15H14N4O2. The molecule has 2 aromatic heterocycles. The zero-order valence-electron chi connectivity index (χ0n) is 11.5. The van der Waals surface area contributed by atoms with Gasteiger partial charge in [0.2, 0.25) is 0 Å². The first kappa shape index (κ1) is 13.1. The third-order valence-electron chi connectivity index (χ3n) is 3.06. The highest BCUT2D eigenvalue weighted by Crippen LogP contribution is 2.27. The maximum Gasteiger partial charge on any atom is 0.258 e. The van der Waals surface area contributed by atoms with Gasteiger partial charge in [0.1, 0.15) is 5.75 Å². The number of methoxy groups -OCH3 is 1. The average Bonchev–Trinajstić information content (AvgIpc) is 2.97. The number of aromatic nitrogens is 3. The Morgan fingerprint density at radius 2 is 2.00 bits per heavy atom. The lowest BCUT2D eigenvalue weighted by Gasteiger charge is -2.04. The number of ether oxygens (including phenoxy) is 1. The predicted octanol–water partition coefficient (Wildman–Crippen LogP) is 2.31. The Bertz CT molecular complexity index is 740. The molecule has 2 N–H and O–H groups in total. The van der Waals surface area contributed by atoms with Gasteiger partial charge in [-0.25, -0.2) is 0 Å². The van der Waals surface area contributed by atoms with E-state index in [-0.39, 0.29) is 0 Å². The van der Waals surface area contributed by atoms with Gasteiger partial charge >= 0.3 is 0 Å². The highest BCUT2D eigenvalue weighted by Gasteiger charge is 2.11. The van der Waals surface area contributed by atoms with Crippen molar-refractivity contribution in [3.05, 3.63) is 54.1 Å². The van der Waals surface area contributed by atoms with Crippen LogP contribution in [-0.4, -0.2) is 22.2 Å². The van der Waals surface area contributed by atoms with Crippen molar-refractivity contribution in [2.24, 2.45) is 0 Å². The summed E-state index contributed by atoms with van der Waals surface area (Å²) in [6, 6.07) is 9.20. The molecule has 21 heavy (non-hydrogen) atoms. The van der Waals surface area contributed by atoms with E-state index in [1.165, 1.54) is 0 Å². The summed E-state index contributed by atoms with van der Waals surface area (Å²) in [6.07, 6.45) is 4.07. The Kier molecular flexibility index (Phi) is 3.51. The monoisotopic (exact) mass is 282 g/mol. The van der Waals surface area contributed by atoms with Gasteiger partial charge in [0.25, 0.3) is 5.89 Å². The molecule has 0 aliphatic carbocycles. The van der Waals surface area contributed by atoms with Crippen molar-refractivity contribution in [2.75, 3.05) is 12.8 Å². The van der Waals surface area contributed by atoms with Crippen LogP contribution in [0.4, 0.5) is 5.69 Å². The first-order chi connectivity index (χ1) is 10.3. The smallest absolute Gasteiger partial charge is 0.258 e.